The Hall–Kier alpha value is -1.79. The monoisotopic (exact) mass is 391 g/mol. The molecule has 146 valence electrons. The van der Waals surface area contributed by atoms with Gasteiger partial charge >= 0.3 is 6.09 Å². The summed E-state index contributed by atoms with van der Waals surface area (Å²) >= 11 is 6.31. The first kappa shape index (κ1) is 18.6. The van der Waals surface area contributed by atoms with Crippen LogP contribution in [0.15, 0.2) is 24.3 Å². The number of hydrogen-bond acceptors (Lipinski definition) is 3. The lowest BCUT2D eigenvalue weighted by Gasteiger charge is -2.47. The largest absolute Gasteiger partial charge is 0.465 e. The molecular weight excluding hydrogens is 366 g/mol. The number of halogens is 1. The maximum Gasteiger partial charge on any atom is 0.407 e. The van der Waals surface area contributed by atoms with Gasteiger partial charge < -0.3 is 10.0 Å². The van der Waals surface area contributed by atoms with Gasteiger partial charge in [-0.25, -0.2) is 4.79 Å². The molecule has 2 atom stereocenters. The Kier molecular flexibility index (Phi) is 5.28. The number of carbonyl (C=O) groups excluding carboxylic acids is 1. The van der Waals surface area contributed by atoms with Crippen LogP contribution in [0.5, 0.6) is 0 Å². The van der Waals surface area contributed by atoms with Gasteiger partial charge in [0.2, 0.25) is 5.91 Å². The molecule has 3 fully saturated rings. The van der Waals surface area contributed by atoms with Gasteiger partial charge in [-0.05, 0) is 30.9 Å². The third kappa shape index (κ3) is 3.52. The molecule has 0 radical (unpaired) electrons. The van der Waals surface area contributed by atoms with Crippen molar-refractivity contribution in [2.75, 3.05) is 32.7 Å². The van der Waals surface area contributed by atoms with Crippen LogP contribution in [0.25, 0.3) is 0 Å². The number of amides is 2. The second-order valence-corrected chi connectivity index (χ2v) is 8.21. The fraction of sp³-hybridized carbons (Fsp3) is 0.600. The van der Waals surface area contributed by atoms with Crippen LogP contribution in [0.3, 0.4) is 0 Å². The van der Waals surface area contributed by atoms with Gasteiger partial charge in [0.1, 0.15) is 0 Å². The summed E-state index contributed by atoms with van der Waals surface area (Å²) in [6.45, 7) is 3.69. The van der Waals surface area contributed by atoms with E-state index >= 15 is 0 Å². The molecule has 1 aromatic carbocycles. The van der Waals surface area contributed by atoms with Crippen LogP contribution in [-0.2, 0) is 4.79 Å². The number of hydrogen-bond donors (Lipinski definition) is 1. The topological polar surface area (TPSA) is 64.1 Å². The number of benzene rings is 1. The lowest BCUT2D eigenvalue weighted by atomic mass is 9.82. The highest BCUT2D eigenvalue weighted by Gasteiger charge is 2.49. The summed E-state index contributed by atoms with van der Waals surface area (Å²) in [6, 6.07) is 7.43. The zero-order chi connectivity index (χ0) is 19.0. The zero-order valence-electron chi connectivity index (χ0n) is 15.4. The van der Waals surface area contributed by atoms with Crippen molar-refractivity contribution in [1.29, 1.82) is 0 Å². The minimum Gasteiger partial charge on any atom is -0.465 e. The zero-order valence-corrected chi connectivity index (χ0v) is 16.1. The Balaban J connectivity index is 1.47. The lowest BCUT2D eigenvalue weighted by Crippen LogP contribution is -2.58. The predicted octanol–water partition coefficient (Wildman–Crippen LogP) is 3.08. The molecule has 27 heavy (non-hydrogen) atoms. The van der Waals surface area contributed by atoms with Gasteiger partial charge in [0.15, 0.2) is 0 Å². The van der Waals surface area contributed by atoms with Crippen LogP contribution >= 0.6 is 11.6 Å². The number of carbonyl (C=O) groups is 2. The van der Waals surface area contributed by atoms with E-state index in [0.717, 1.165) is 38.2 Å². The summed E-state index contributed by atoms with van der Waals surface area (Å²) in [6.07, 6.45) is 3.85. The van der Waals surface area contributed by atoms with Crippen LogP contribution in [0, 0.1) is 5.92 Å². The van der Waals surface area contributed by atoms with Crippen LogP contribution in [0.2, 0.25) is 5.02 Å². The molecule has 2 unspecified atom stereocenters. The average molecular weight is 392 g/mol. The van der Waals surface area contributed by atoms with Gasteiger partial charge in [-0.15, -0.1) is 0 Å². The highest BCUT2D eigenvalue weighted by atomic mass is 35.5. The van der Waals surface area contributed by atoms with E-state index in [1.165, 1.54) is 24.2 Å². The summed E-state index contributed by atoms with van der Waals surface area (Å²) < 4.78 is 0. The Bertz CT molecular complexity index is 724. The van der Waals surface area contributed by atoms with Crippen LogP contribution in [0.1, 0.15) is 37.3 Å². The smallest absolute Gasteiger partial charge is 0.407 e. The van der Waals surface area contributed by atoms with Crippen molar-refractivity contribution < 1.29 is 14.7 Å². The molecule has 0 bridgehead atoms. The van der Waals surface area contributed by atoms with Crippen molar-refractivity contribution in [3.05, 3.63) is 34.9 Å². The van der Waals surface area contributed by atoms with E-state index in [9.17, 15) is 14.7 Å². The average Bonchev–Trinajstić information content (AvgIpc) is 2.80. The molecule has 1 aromatic rings. The van der Waals surface area contributed by atoms with Gasteiger partial charge in [0.05, 0.1) is 12.0 Å². The van der Waals surface area contributed by atoms with Crippen molar-refractivity contribution in [3.8, 4) is 0 Å². The van der Waals surface area contributed by atoms with E-state index in [1.807, 2.05) is 23.1 Å². The second-order valence-electron chi connectivity index (χ2n) is 7.81. The first-order chi connectivity index (χ1) is 13.1. The Morgan fingerprint density at radius 1 is 1.04 bits per heavy atom. The van der Waals surface area contributed by atoms with E-state index in [-0.39, 0.29) is 18.4 Å². The van der Waals surface area contributed by atoms with Gasteiger partial charge in [0.25, 0.3) is 0 Å². The van der Waals surface area contributed by atoms with Crippen molar-refractivity contribution in [2.45, 2.75) is 37.8 Å². The number of nitrogens with zero attached hydrogens (tertiary/aromatic N) is 3. The van der Waals surface area contributed by atoms with E-state index in [4.69, 9.17) is 11.6 Å². The third-order valence-electron chi connectivity index (χ3n) is 6.33. The SMILES string of the molecule is O=C(C1CN(C(=O)O)C1c1ccccc1Cl)N1CCCN(C2CCC2)CC1. The first-order valence-electron chi connectivity index (χ1n) is 9.83. The van der Waals surface area contributed by atoms with Crippen molar-refractivity contribution in [2.24, 2.45) is 5.92 Å². The predicted molar refractivity (Wildman–Crippen MR) is 103 cm³/mol. The van der Waals surface area contributed by atoms with Gasteiger partial charge in [0, 0.05) is 43.8 Å². The number of likely N-dealkylation sites (tertiary alicyclic amines) is 1. The maximum absolute atomic E-state index is 13.2. The highest BCUT2D eigenvalue weighted by Crippen LogP contribution is 2.42. The molecule has 4 rings (SSSR count). The highest BCUT2D eigenvalue weighted by molar-refractivity contribution is 6.31. The molecule has 0 aromatic heterocycles. The summed E-state index contributed by atoms with van der Waals surface area (Å²) in [5, 5.41) is 10.0. The quantitative estimate of drug-likeness (QED) is 0.860. The molecule has 1 aliphatic carbocycles. The van der Waals surface area contributed by atoms with Gasteiger partial charge in [-0.2, -0.15) is 0 Å². The normalized spacial score (nSPS) is 26.9. The van der Waals surface area contributed by atoms with Crippen LogP contribution < -0.4 is 0 Å². The van der Waals surface area contributed by atoms with Crippen LogP contribution in [-0.4, -0.2) is 70.6 Å². The Morgan fingerprint density at radius 2 is 1.81 bits per heavy atom. The minimum absolute atomic E-state index is 0.0629. The summed E-state index contributed by atoms with van der Waals surface area (Å²) in [5.74, 6) is -0.288. The fourth-order valence-corrected chi connectivity index (χ4v) is 4.77. The van der Waals surface area contributed by atoms with Crippen molar-refractivity contribution in [3.63, 3.8) is 0 Å². The summed E-state index contributed by atoms with van der Waals surface area (Å²) in [7, 11) is 0. The fourth-order valence-electron chi connectivity index (χ4n) is 4.52. The van der Waals surface area contributed by atoms with Gasteiger partial charge in [-0.3, -0.25) is 14.6 Å². The van der Waals surface area contributed by atoms with Crippen LogP contribution in [0.4, 0.5) is 4.79 Å². The van der Waals surface area contributed by atoms with E-state index < -0.39 is 12.1 Å². The Labute approximate surface area is 164 Å². The first-order valence-corrected chi connectivity index (χ1v) is 10.2. The molecule has 0 spiro atoms. The van der Waals surface area contributed by atoms with Gasteiger partial charge in [-0.1, -0.05) is 36.2 Å². The molecular formula is C20H26ClN3O3. The summed E-state index contributed by atoms with van der Waals surface area (Å²) in [4.78, 5) is 30.6. The van der Waals surface area contributed by atoms with E-state index in [2.05, 4.69) is 4.90 Å². The summed E-state index contributed by atoms with van der Waals surface area (Å²) in [5.41, 5.74) is 0.720. The number of rotatable bonds is 3. The molecule has 2 amide bonds. The number of carboxylic acid groups (broad SMARTS) is 1. The molecule has 2 aliphatic heterocycles. The molecule has 3 aliphatic rings. The Morgan fingerprint density at radius 3 is 2.48 bits per heavy atom. The lowest BCUT2D eigenvalue weighted by molar-refractivity contribution is -0.144. The molecule has 1 N–H and O–H groups in total. The van der Waals surface area contributed by atoms with E-state index in [1.54, 1.807) is 6.07 Å². The molecule has 1 saturated carbocycles. The van der Waals surface area contributed by atoms with Crippen molar-refractivity contribution in [1.82, 2.24) is 14.7 Å². The maximum atomic E-state index is 13.2. The molecule has 2 heterocycles. The standard InChI is InChI=1S/C20H26ClN3O3/c21-17-8-2-1-7-15(17)18-16(13-24(18)20(26)27)19(25)23-10-4-9-22(11-12-23)14-5-3-6-14/h1-2,7-8,14,16,18H,3-6,9-13H2,(H,26,27). The molecule has 6 nitrogen and oxygen atoms in total. The molecule has 7 heteroatoms. The minimum atomic E-state index is -1.00. The second kappa shape index (κ2) is 7.68. The third-order valence-corrected chi connectivity index (χ3v) is 6.67. The van der Waals surface area contributed by atoms with Crippen molar-refractivity contribution >= 4 is 23.6 Å². The molecule has 2 saturated heterocycles. The van der Waals surface area contributed by atoms with E-state index in [0.29, 0.717) is 11.1 Å².